The summed E-state index contributed by atoms with van der Waals surface area (Å²) in [6.45, 7) is 5.92. The Labute approximate surface area is 109 Å². The van der Waals surface area contributed by atoms with Gasteiger partial charge in [-0.15, -0.1) is 6.58 Å². The number of ether oxygens (including phenoxy) is 2. The summed E-state index contributed by atoms with van der Waals surface area (Å²) in [6.07, 6.45) is 1.82. The zero-order valence-corrected chi connectivity index (χ0v) is 11.3. The van der Waals surface area contributed by atoms with Crippen molar-refractivity contribution in [1.29, 1.82) is 0 Å². The molecule has 1 unspecified atom stereocenters. The molecule has 0 aromatic heterocycles. The highest BCUT2D eigenvalue weighted by Crippen LogP contribution is 2.28. The second-order valence-corrected chi connectivity index (χ2v) is 4.36. The molecule has 18 heavy (non-hydrogen) atoms. The van der Waals surface area contributed by atoms with Crippen molar-refractivity contribution in [2.45, 2.75) is 25.8 Å². The van der Waals surface area contributed by atoms with Gasteiger partial charge in [0.2, 0.25) is 0 Å². The molecule has 0 aliphatic carbocycles. The minimum atomic E-state index is 0.0608. The van der Waals surface area contributed by atoms with Crippen LogP contribution in [0, 0.1) is 0 Å². The van der Waals surface area contributed by atoms with Gasteiger partial charge in [-0.3, -0.25) is 11.3 Å². The van der Waals surface area contributed by atoms with E-state index in [1.165, 1.54) is 0 Å². The predicted molar refractivity (Wildman–Crippen MR) is 73.7 cm³/mol. The van der Waals surface area contributed by atoms with E-state index < -0.39 is 0 Å². The van der Waals surface area contributed by atoms with Gasteiger partial charge in [-0.05, 0) is 37.5 Å². The standard InChI is InChI=1S/C14H22N2O2/c1-10(2)5-6-14(16-15)11-7-12(17-3)9-13(8-11)18-4/h7-9,14,16H,1,5-6,15H2,2-4H3. The van der Waals surface area contributed by atoms with Crippen LogP contribution in [-0.4, -0.2) is 14.2 Å². The van der Waals surface area contributed by atoms with Crippen LogP contribution in [0.4, 0.5) is 0 Å². The van der Waals surface area contributed by atoms with Gasteiger partial charge in [0.25, 0.3) is 0 Å². The number of rotatable bonds is 7. The molecule has 0 amide bonds. The number of methoxy groups -OCH3 is 2. The van der Waals surface area contributed by atoms with Crippen LogP contribution < -0.4 is 20.7 Å². The van der Waals surface area contributed by atoms with E-state index in [-0.39, 0.29) is 6.04 Å². The summed E-state index contributed by atoms with van der Waals surface area (Å²) in [6, 6.07) is 5.83. The third-order valence-electron chi connectivity index (χ3n) is 2.84. The summed E-state index contributed by atoms with van der Waals surface area (Å²) < 4.78 is 10.5. The van der Waals surface area contributed by atoms with Crippen LogP contribution in [0.15, 0.2) is 30.4 Å². The predicted octanol–water partition coefficient (Wildman–Crippen LogP) is 2.56. The first-order valence-electron chi connectivity index (χ1n) is 5.94. The largest absolute Gasteiger partial charge is 0.497 e. The van der Waals surface area contributed by atoms with Crippen LogP contribution in [0.5, 0.6) is 11.5 Å². The molecule has 0 bridgehead atoms. The van der Waals surface area contributed by atoms with E-state index >= 15 is 0 Å². The van der Waals surface area contributed by atoms with E-state index in [4.69, 9.17) is 15.3 Å². The molecule has 4 heteroatoms. The van der Waals surface area contributed by atoms with E-state index in [1.54, 1.807) is 14.2 Å². The maximum atomic E-state index is 5.61. The molecule has 0 aliphatic rings. The molecule has 0 spiro atoms. The lowest BCUT2D eigenvalue weighted by molar-refractivity contribution is 0.390. The number of nitrogens with two attached hydrogens (primary N) is 1. The second kappa shape index (κ2) is 7.03. The van der Waals surface area contributed by atoms with Crippen LogP contribution in [0.25, 0.3) is 0 Å². The number of allylic oxidation sites excluding steroid dienone is 1. The highest BCUT2D eigenvalue weighted by Gasteiger charge is 2.12. The molecule has 0 fully saturated rings. The van der Waals surface area contributed by atoms with Gasteiger partial charge >= 0.3 is 0 Å². The third kappa shape index (κ3) is 4.05. The highest BCUT2D eigenvalue weighted by molar-refractivity contribution is 5.39. The normalized spacial score (nSPS) is 12.0. The van der Waals surface area contributed by atoms with Crippen LogP contribution in [0.2, 0.25) is 0 Å². The molecule has 100 valence electrons. The number of nitrogens with one attached hydrogen (secondary N) is 1. The molecule has 3 N–H and O–H groups in total. The first kappa shape index (κ1) is 14.5. The Morgan fingerprint density at radius 3 is 2.22 bits per heavy atom. The Morgan fingerprint density at radius 1 is 1.28 bits per heavy atom. The second-order valence-electron chi connectivity index (χ2n) is 4.36. The van der Waals surface area contributed by atoms with Crippen molar-refractivity contribution < 1.29 is 9.47 Å². The third-order valence-corrected chi connectivity index (χ3v) is 2.84. The Hall–Kier alpha value is -1.52. The molecule has 1 aromatic carbocycles. The lowest BCUT2D eigenvalue weighted by Gasteiger charge is -2.18. The van der Waals surface area contributed by atoms with Crippen LogP contribution >= 0.6 is 0 Å². The van der Waals surface area contributed by atoms with Gasteiger partial charge in [0.05, 0.1) is 14.2 Å². The van der Waals surface area contributed by atoms with Crippen molar-refractivity contribution in [3.05, 3.63) is 35.9 Å². The van der Waals surface area contributed by atoms with Gasteiger partial charge in [-0.2, -0.15) is 0 Å². The van der Waals surface area contributed by atoms with Crippen LogP contribution in [0.1, 0.15) is 31.4 Å². The average Bonchev–Trinajstić information content (AvgIpc) is 2.38. The quantitative estimate of drug-likeness (QED) is 0.443. The lowest BCUT2D eigenvalue weighted by atomic mass is 10.00. The number of hydrogen-bond acceptors (Lipinski definition) is 4. The maximum absolute atomic E-state index is 5.61. The minimum Gasteiger partial charge on any atom is -0.497 e. The van der Waals surface area contributed by atoms with E-state index in [9.17, 15) is 0 Å². The van der Waals surface area contributed by atoms with Crippen molar-refractivity contribution in [3.63, 3.8) is 0 Å². The molecule has 4 nitrogen and oxygen atoms in total. The van der Waals surface area contributed by atoms with E-state index in [0.717, 1.165) is 35.5 Å². The molecule has 1 atom stereocenters. The topological polar surface area (TPSA) is 56.5 Å². The summed E-state index contributed by atoms with van der Waals surface area (Å²) in [5.74, 6) is 7.14. The van der Waals surface area contributed by atoms with Crippen LogP contribution in [-0.2, 0) is 0 Å². The molecule has 0 aliphatic heterocycles. The zero-order chi connectivity index (χ0) is 13.5. The first-order chi connectivity index (χ1) is 8.60. The van der Waals surface area contributed by atoms with Crippen LogP contribution in [0.3, 0.4) is 0 Å². The van der Waals surface area contributed by atoms with E-state index in [0.29, 0.717) is 0 Å². The molecule has 0 saturated carbocycles. The van der Waals surface area contributed by atoms with Crippen molar-refractivity contribution in [1.82, 2.24) is 5.43 Å². The number of hydrogen-bond donors (Lipinski definition) is 2. The summed E-state index contributed by atoms with van der Waals surface area (Å²) in [5, 5.41) is 0. The molecular weight excluding hydrogens is 228 g/mol. The molecule has 0 heterocycles. The molecule has 1 rings (SSSR count). The SMILES string of the molecule is C=C(C)CCC(NN)c1cc(OC)cc(OC)c1. The smallest absolute Gasteiger partial charge is 0.122 e. The van der Waals surface area contributed by atoms with Gasteiger partial charge in [0, 0.05) is 12.1 Å². The van der Waals surface area contributed by atoms with Gasteiger partial charge < -0.3 is 9.47 Å². The Kier molecular flexibility index (Phi) is 5.68. The Morgan fingerprint density at radius 2 is 1.83 bits per heavy atom. The molecular formula is C14H22N2O2. The van der Waals surface area contributed by atoms with Gasteiger partial charge in [0.1, 0.15) is 11.5 Å². The molecule has 0 saturated heterocycles. The van der Waals surface area contributed by atoms with E-state index in [2.05, 4.69) is 12.0 Å². The summed E-state index contributed by atoms with van der Waals surface area (Å²) >= 11 is 0. The average molecular weight is 250 g/mol. The molecule has 1 aromatic rings. The summed E-state index contributed by atoms with van der Waals surface area (Å²) in [4.78, 5) is 0. The fraction of sp³-hybridized carbons (Fsp3) is 0.429. The zero-order valence-electron chi connectivity index (χ0n) is 11.3. The Balaban J connectivity index is 2.93. The number of hydrazine groups is 1. The fourth-order valence-electron chi connectivity index (χ4n) is 1.77. The monoisotopic (exact) mass is 250 g/mol. The maximum Gasteiger partial charge on any atom is 0.122 e. The summed E-state index contributed by atoms with van der Waals surface area (Å²) in [7, 11) is 3.27. The Bertz CT molecular complexity index is 383. The first-order valence-corrected chi connectivity index (χ1v) is 5.94. The van der Waals surface area contributed by atoms with Gasteiger partial charge in [0.15, 0.2) is 0 Å². The minimum absolute atomic E-state index is 0.0608. The molecule has 0 radical (unpaired) electrons. The lowest BCUT2D eigenvalue weighted by Crippen LogP contribution is -2.28. The van der Waals surface area contributed by atoms with Crippen molar-refractivity contribution >= 4 is 0 Å². The summed E-state index contributed by atoms with van der Waals surface area (Å²) in [5.41, 5.74) is 5.02. The van der Waals surface area contributed by atoms with E-state index in [1.807, 2.05) is 25.1 Å². The van der Waals surface area contributed by atoms with Gasteiger partial charge in [-0.25, -0.2) is 0 Å². The van der Waals surface area contributed by atoms with Gasteiger partial charge in [-0.1, -0.05) is 5.57 Å². The van der Waals surface area contributed by atoms with Crippen molar-refractivity contribution in [2.75, 3.05) is 14.2 Å². The highest BCUT2D eigenvalue weighted by atomic mass is 16.5. The fourth-order valence-corrected chi connectivity index (χ4v) is 1.77. The van der Waals surface area contributed by atoms with Crippen molar-refractivity contribution in [3.8, 4) is 11.5 Å². The van der Waals surface area contributed by atoms with Crippen molar-refractivity contribution in [2.24, 2.45) is 5.84 Å². The number of benzene rings is 1.